The molecule has 0 aliphatic heterocycles. The first kappa shape index (κ1) is 12.6. The van der Waals surface area contributed by atoms with Crippen molar-refractivity contribution in [3.05, 3.63) is 34.9 Å². The molecule has 16 heavy (non-hydrogen) atoms. The van der Waals surface area contributed by atoms with Crippen molar-refractivity contribution in [2.24, 2.45) is 0 Å². The molecule has 0 heterocycles. The maximum absolute atomic E-state index is 13.7. The number of amides is 1. The molecule has 1 amide bonds. The minimum absolute atomic E-state index is 0.174. The van der Waals surface area contributed by atoms with E-state index in [1.165, 1.54) is 14.2 Å². The highest BCUT2D eigenvalue weighted by atomic mass is 19.1. The minimum Gasteiger partial charge on any atom is -0.274 e. The fourth-order valence-electron chi connectivity index (χ4n) is 1.31. The summed E-state index contributed by atoms with van der Waals surface area (Å²) in [4.78, 5) is 16.2. The number of nitrogens with zero attached hydrogens (tertiary/aromatic N) is 1. The first-order chi connectivity index (χ1) is 7.51. The lowest BCUT2D eigenvalue weighted by Crippen LogP contribution is -2.26. The smallest absolute Gasteiger partial charge is 0.274 e. The van der Waals surface area contributed by atoms with E-state index >= 15 is 0 Å². The molecule has 0 saturated heterocycles. The van der Waals surface area contributed by atoms with E-state index in [9.17, 15) is 13.6 Å². The Morgan fingerprint density at radius 2 is 2.06 bits per heavy atom. The lowest BCUT2D eigenvalue weighted by Gasteiger charge is -2.15. The van der Waals surface area contributed by atoms with Crippen molar-refractivity contribution in [2.45, 2.75) is 13.3 Å². The van der Waals surface area contributed by atoms with Crippen LogP contribution in [0.3, 0.4) is 0 Å². The normalized spacial score (nSPS) is 10.3. The van der Waals surface area contributed by atoms with Crippen LogP contribution in [-0.2, 0) is 11.3 Å². The van der Waals surface area contributed by atoms with Crippen molar-refractivity contribution >= 4 is 5.91 Å². The Morgan fingerprint density at radius 1 is 1.44 bits per heavy atom. The van der Waals surface area contributed by atoms with E-state index in [0.29, 0.717) is 6.42 Å². The summed E-state index contributed by atoms with van der Waals surface area (Å²) < 4.78 is 26.9. The molecule has 0 bridgehead atoms. The van der Waals surface area contributed by atoms with Crippen LogP contribution in [0.25, 0.3) is 0 Å². The van der Waals surface area contributed by atoms with Crippen LogP contribution in [0.5, 0.6) is 0 Å². The van der Waals surface area contributed by atoms with Crippen LogP contribution in [0, 0.1) is 11.6 Å². The molecule has 0 aromatic heterocycles. The molecule has 0 spiro atoms. The molecule has 1 rings (SSSR count). The number of hydroxylamine groups is 2. The third-order valence-electron chi connectivity index (χ3n) is 2.28. The molecule has 1 aromatic rings. The first-order valence-electron chi connectivity index (χ1n) is 4.81. The first-order valence-corrected chi connectivity index (χ1v) is 4.81. The summed E-state index contributed by atoms with van der Waals surface area (Å²) in [5.41, 5.74) is -0.144. The zero-order valence-electron chi connectivity index (χ0n) is 9.38. The third kappa shape index (κ3) is 2.36. The fourth-order valence-corrected chi connectivity index (χ4v) is 1.31. The van der Waals surface area contributed by atoms with Crippen LogP contribution in [0.15, 0.2) is 12.1 Å². The van der Waals surface area contributed by atoms with E-state index in [2.05, 4.69) is 4.84 Å². The molecule has 88 valence electrons. The van der Waals surface area contributed by atoms with Crippen LogP contribution < -0.4 is 0 Å². The molecule has 0 fully saturated rings. The van der Waals surface area contributed by atoms with Gasteiger partial charge < -0.3 is 0 Å². The van der Waals surface area contributed by atoms with Gasteiger partial charge in [0, 0.05) is 7.05 Å². The third-order valence-corrected chi connectivity index (χ3v) is 2.28. The molecular formula is C11H13F2NO2. The van der Waals surface area contributed by atoms with Gasteiger partial charge in [-0.3, -0.25) is 9.63 Å². The number of halogens is 2. The second-order valence-electron chi connectivity index (χ2n) is 3.27. The van der Waals surface area contributed by atoms with Crippen LogP contribution in [-0.4, -0.2) is 25.1 Å². The number of carbonyl (C=O) groups excluding carboxylic acids is 1. The van der Waals surface area contributed by atoms with Crippen molar-refractivity contribution in [3.8, 4) is 0 Å². The topological polar surface area (TPSA) is 29.5 Å². The van der Waals surface area contributed by atoms with Crippen molar-refractivity contribution in [2.75, 3.05) is 14.2 Å². The Bertz CT molecular complexity index is 407. The van der Waals surface area contributed by atoms with Gasteiger partial charge in [0.15, 0.2) is 0 Å². The monoisotopic (exact) mass is 229 g/mol. The summed E-state index contributed by atoms with van der Waals surface area (Å²) in [6.07, 6.45) is 0.320. The molecule has 0 N–H and O–H groups in total. The number of carbonyl (C=O) groups is 1. The van der Waals surface area contributed by atoms with Gasteiger partial charge in [-0.25, -0.2) is 13.8 Å². The molecule has 0 atom stereocenters. The molecule has 0 saturated carbocycles. The van der Waals surface area contributed by atoms with Gasteiger partial charge in [0.2, 0.25) is 0 Å². The number of hydrogen-bond acceptors (Lipinski definition) is 2. The summed E-state index contributed by atoms with van der Waals surface area (Å²) in [5, 5.41) is 0.845. The summed E-state index contributed by atoms with van der Waals surface area (Å²) in [6, 6.07) is 1.95. The number of benzene rings is 1. The predicted octanol–water partition coefficient (Wildman–Crippen LogP) is 2.16. The Kier molecular flexibility index (Phi) is 3.95. The SMILES string of the molecule is CCc1cc(F)cc(C(=O)N(C)OC)c1F. The zero-order chi connectivity index (χ0) is 12.3. The van der Waals surface area contributed by atoms with Crippen LogP contribution in [0.4, 0.5) is 8.78 Å². The Hall–Kier alpha value is -1.49. The van der Waals surface area contributed by atoms with E-state index < -0.39 is 17.5 Å². The average Bonchev–Trinajstić information content (AvgIpc) is 2.29. The van der Waals surface area contributed by atoms with E-state index in [1.54, 1.807) is 6.92 Å². The highest BCUT2D eigenvalue weighted by Crippen LogP contribution is 2.17. The Labute approximate surface area is 92.6 Å². The van der Waals surface area contributed by atoms with Gasteiger partial charge in [-0.1, -0.05) is 6.92 Å². The molecule has 0 unspecified atom stereocenters. The average molecular weight is 229 g/mol. The number of aryl methyl sites for hydroxylation is 1. The lowest BCUT2D eigenvalue weighted by molar-refractivity contribution is -0.0759. The van der Waals surface area contributed by atoms with Gasteiger partial charge in [-0.2, -0.15) is 0 Å². The Morgan fingerprint density at radius 3 is 2.56 bits per heavy atom. The van der Waals surface area contributed by atoms with Crippen molar-refractivity contribution in [1.29, 1.82) is 0 Å². The van der Waals surface area contributed by atoms with Crippen LogP contribution in [0.2, 0.25) is 0 Å². The number of rotatable bonds is 3. The lowest BCUT2D eigenvalue weighted by atomic mass is 10.1. The maximum Gasteiger partial charge on any atom is 0.280 e. The van der Waals surface area contributed by atoms with Gasteiger partial charge in [-0.05, 0) is 24.1 Å². The molecule has 0 aliphatic rings. The van der Waals surface area contributed by atoms with Gasteiger partial charge in [0.1, 0.15) is 11.6 Å². The van der Waals surface area contributed by atoms with Gasteiger partial charge >= 0.3 is 0 Å². The standard InChI is InChI=1S/C11H13F2NO2/c1-4-7-5-8(12)6-9(10(7)13)11(15)14(2)16-3/h5-6H,4H2,1-3H3. The van der Waals surface area contributed by atoms with E-state index in [1.807, 2.05) is 0 Å². The molecule has 0 aliphatic carbocycles. The van der Waals surface area contributed by atoms with Crippen LogP contribution >= 0.6 is 0 Å². The van der Waals surface area contributed by atoms with E-state index in [-0.39, 0.29) is 11.1 Å². The quantitative estimate of drug-likeness (QED) is 0.743. The highest BCUT2D eigenvalue weighted by molar-refractivity contribution is 5.93. The van der Waals surface area contributed by atoms with E-state index in [4.69, 9.17) is 0 Å². The summed E-state index contributed by atoms with van der Waals surface area (Å²) >= 11 is 0. The second kappa shape index (κ2) is 5.03. The molecular weight excluding hydrogens is 216 g/mol. The van der Waals surface area contributed by atoms with Crippen molar-refractivity contribution in [1.82, 2.24) is 5.06 Å². The van der Waals surface area contributed by atoms with Crippen LogP contribution in [0.1, 0.15) is 22.8 Å². The highest BCUT2D eigenvalue weighted by Gasteiger charge is 2.19. The van der Waals surface area contributed by atoms with Crippen molar-refractivity contribution in [3.63, 3.8) is 0 Å². The molecule has 5 heteroatoms. The number of hydrogen-bond donors (Lipinski definition) is 0. The molecule has 3 nitrogen and oxygen atoms in total. The predicted molar refractivity (Wildman–Crippen MR) is 54.8 cm³/mol. The zero-order valence-corrected chi connectivity index (χ0v) is 9.38. The van der Waals surface area contributed by atoms with Gasteiger partial charge in [-0.15, -0.1) is 0 Å². The minimum atomic E-state index is -0.714. The second-order valence-corrected chi connectivity index (χ2v) is 3.27. The summed E-state index contributed by atoms with van der Waals surface area (Å²) in [7, 11) is 2.61. The van der Waals surface area contributed by atoms with Crippen molar-refractivity contribution < 1.29 is 18.4 Å². The largest absolute Gasteiger partial charge is 0.280 e. The van der Waals surface area contributed by atoms with Gasteiger partial charge in [0.25, 0.3) is 5.91 Å². The summed E-state index contributed by atoms with van der Waals surface area (Å²) in [6.45, 7) is 1.69. The van der Waals surface area contributed by atoms with Gasteiger partial charge in [0.05, 0.1) is 12.7 Å². The molecule has 0 radical (unpaired) electrons. The fraction of sp³-hybridized carbons (Fsp3) is 0.364. The summed E-state index contributed by atoms with van der Waals surface area (Å²) in [5.74, 6) is -2.04. The molecule has 1 aromatic carbocycles. The Balaban J connectivity index is 3.23. The van der Waals surface area contributed by atoms with E-state index in [0.717, 1.165) is 17.2 Å². The maximum atomic E-state index is 13.7.